The molecule has 4 N–H and O–H groups in total. The van der Waals surface area contributed by atoms with Crippen molar-refractivity contribution in [3.8, 4) is 0 Å². The molecule has 0 aliphatic rings. The Morgan fingerprint density at radius 3 is 1.83 bits per heavy atom. The van der Waals surface area contributed by atoms with Crippen molar-refractivity contribution in [2.45, 2.75) is 116 Å². The molecular formula is C23H42N2O5. The lowest BCUT2D eigenvalue weighted by molar-refractivity contribution is -0.141. The Hall–Kier alpha value is -1.89. The van der Waals surface area contributed by atoms with Gasteiger partial charge in [-0.15, -0.1) is 0 Å². The Balaban J connectivity index is 3.52. The second-order valence-electron chi connectivity index (χ2n) is 7.85. The van der Waals surface area contributed by atoms with Crippen LogP contribution in [0.1, 0.15) is 110 Å². The normalized spacial score (nSPS) is 12.2. The molecule has 0 bridgehead atoms. The highest BCUT2D eigenvalue weighted by molar-refractivity contribution is 5.78. The number of aliphatic carboxylic acids is 2. The molecule has 0 saturated heterocycles. The largest absolute Gasteiger partial charge is 0.481 e. The smallest absolute Gasteiger partial charge is 0.322 e. The van der Waals surface area contributed by atoms with Gasteiger partial charge in [0.2, 0.25) is 5.91 Å². The van der Waals surface area contributed by atoms with Gasteiger partial charge in [-0.3, -0.25) is 19.8 Å². The molecule has 1 atom stereocenters. The molecule has 0 saturated carbocycles. The molecule has 0 unspecified atom stereocenters. The van der Waals surface area contributed by atoms with E-state index in [-0.39, 0.29) is 18.7 Å². The highest BCUT2D eigenvalue weighted by Gasteiger charge is 2.18. The van der Waals surface area contributed by atoms with E-state index in [1.807, 2.05) is 0 Å². The van der Waals surface area contributed by atoms with E-state index in [9.17, 15) is 14.4 Å². The average molecular weight is 427 g/mol. The van der Waals surface area contributed by atoms with Crippen LogP contribution in [0.2, 0.25) is 0 Å². The fourth-order valence-corrected chi connectivity index (χ4v) is 3.11. The number of nitrogens with one attached hydrogen (secondary N) is 2. The van der Waals surface area contributed by atoms with Crippen LogP contribution >= 0.6 is 0 Å². The van der Waals surface area contributed by atoms with Crippen molar-refractivity contribution in [1.82, 2.24) is 10.9 Å². The van der Waals surface area contributed by atoms with E-state index < -0.39 is 18.0 Å². The Labute approximate surface area is 181 Å². The van der Waals surface area contributed by atoms with Gasteiger partial charge in [-0.25, -0.2) is 5.43 Å². The summed E-state index contributed by atoms with van der Waals surface area (Å²) in [5, 5.41) is 17.6. The van der Waals surface area contributed by atoms with Crippen LogP contribution < -0.4 is 10.9 Å². The van der Waals surface area contributed by atoms with Gasteiger partial charge >= 0.3 is 11.9 Å². The molecule has 7 nitrogen and oxygen atoms in total. The van der Waals surface area contributed by atoms with Gasteiger partial charge in [0.15, 0.2) is 0 Å². The number of carboxylic acids is 2. The van der Waals surface area contributed by atoms with Crippen molar-refractivity contribution in [2.24, 2.45) is 0 Å². The van der Waals surface area contributed by atoms with E-state index in [0.29, 0.717) is 6.42 Å². The van der Waals surface area contributed by atoms with Crippen LogP contribution in [0, 0.1) is 0 Å². The standard InChI is InChI=1S/C23H42N2O5/c1-2-3-4-5-6-7-8-9-10-11-12-13-14-15-16-17-21(26)25-24-20(23(29)30)18-19-22(27)28/h9-10,20,24H,2-8,11-19H2,1H3,(H,25,26)(H,27,28)(H,29,30)/b10-9-/t20-/m0/s1. The maximum Gasteiger partial charge on any atom is 0.322 e. The molecule has 0 aromatic rings. The van der Waals surface area contributed by atoms with Crippen LogP contribution in [0.4, 0.5) is 0 Å². The minimum atomic E-state index is -1.18. The van der Waals surface area contributed by atoms with E-state index >= 15 is 0 Å². The quantitative estimate of drug-likeness (QED) is 0.117. The summed E-state index contributed by atoms with van der Waals surface area (Å²) in [4.78, 5) is 33.3. The fraction of sp³-hybridized carbons (Fsp3) is 0.783. The van der Waals surface area contributed by atoms with E-state index in [1.165, 1.54) is 51.4 Å². The van der Waals surface area contributed by atoms with Crippen molar-refractivity contribution < 1.29 is 24.6 Å². The van der Waals surface area contributed by atoms with Crippen molar-refractivity contribution in [3.05, 3.63) is 12.2 Å². The first-order valence-corrected chi connectivity index (χ1v) is 11.6. The predicted molar refractivity (Wildman–Crippen MR) is 119 cm³/mol. The molecule has 0 aliphatic heterocycles. The summed E-state index contributed by atoms with van der Waals surface area (Å²) in [5.74, 6) is -2.52. The zero-order chi connectivity index (χ0) is 22.5. The summed E-state index contributed by atoms with van der Waals surface area (Å²) < 4.78 is 0. The first kappa shape index (κ1) is 28.1. The summed E-state index contributed by atoms with van der Waals surface area (Å²) in [6.07, 6.45) is 20.0. The minimum Gasteiger partial charge on any atom is -0.481 e. The van der Waals surface area contributed by atoms with Gasteiger partial charge in [-0.2, -0.15) is 0 Å². The third kappa shape index (κ3) is 19.4. The second kappa shape index (κ2) is 20.4. The number of unbranched alkanes of at least 4 members (excludes halogenated alkanes) is 11. The number of hydrazine groups is 1. The first-order chi connectivity index (χ1) is 14.5. The van der Waals surface area contributed by atoms with Crippen LogP contribution in [0.25, 0.3) is 0 Å². The summed E-state index contributed by atoms with van der Waals surface area (Å²) in [6, 6.07) is -1.10. The lowest BCUT2D eigenvalue weighted by atomic mass is 10.1. The molecule has 0 radical (unpaired) electrons. The Kier molecular flexibility index (Phi) is 19.1. The highest BCUT2D eigenvalue weighted by atomic mass is 16.4. The fourth-order valence-electron chi connectivity index (χ4n) is 3.11. The minimum absolute atomic E-state index is 0.0850. The van der Waals surface area contributed by atoms with Crippen LogP contribution in [0.15, 0.2) is 12.2 Å². The summed E-state index contributed by atoms with van der Waals surface area (Å²) >= 11 is 0. The molecule has 174 valence electrons. The molecule has 0 aliphatic carbocycles. The molecule has 0 aromatic carbocycles. The third-order valence-electron chi connectivity index (χ3n) is 5.00. The molecule has 0 fully saturated rings. The maximum atomic E-state index is 11.8. The SMILES string of the molecule is CCCCCCCC/C=C\CCCCCCCC(=O)NN[C@@H](CCC(=O)O)C(=O)O. The van der Waals surface area contributed by atoms with Crippen LogP contribution in [0.3, 0.4) is 0 Å². The van der Waals surface area contributed by atoms with Gasteiger partial charge in [0.05, 0.1) is 0 Å². The second-order valence-corrected chi connectivity index (χ2v) is 7.85. The number of rotatable bonds is 21. The first-order valence-electron chi connectivity index (χ1n) is 11.6. The highest BCUT2D eigenvalue weighted by Crippen LogP contribution is 2.10. The molecule has 1 amide bonds. The Bertz CT molecular complexity index is 494. The summed E-state index contributed by atoms with van der Waals surface area (Å²) in [6.45, 7) is 2.24. The van der Waals surface area contributed by atoms with Crippen molar-refractivity contribution in [1.29, 1.82) is 0 Å². The van der Waals surface area contributed by atoms with E-state index in [4.69, 9.17) is 10.2 Å². The van der Waals surface area contributed by atoms with Gasteiger partial charge in [-0.1, -0.05) is 70.4 Å². The monoisotopic (exact) mass is 426 g/mol. The summed E-state index contributed by atoms with van der Waals surface area (Å²) in [5.41, 5.74) is 4.77. The maximum absolute atomic E-state index is 11.8. The van der Waals surface area contributed by atoms with Gasteiger partial charge < -0.3 is 10.2 Å². The number of allylic oxidation sites excluding steroid dienone is 2. The zero-order valence-electron chi connectivity index (χ0n) is 18.7. The van der Waals surface area contributed by atoms with E-state index in [0.717, 1.165) is 32.1 Å². The number of hydrogen-bond acceptors (Lipinski definition) is 4. The summed E-state index contributed by atoms with van der Waals surface area (Å²) in [7, 11) is 0. The van der Waals surface area contributed by atoms with Gasteiger partial charge in [0.25, 0.3) is 0 Å². The van der Waals surface area contributed by atoms with Crippen LogP contribution in [0.5, 0.6) is 0 Å². The van der Waals surface area contributed by atoms with Crippen LogP contribution in [-0.4, -0.2) is 34.1 Å². The lowest BCUT2D eigenvalue weighted by Gasteiger charge is -2.14. The average Bonchev–Trinajstić information content (AvgIpc) is 2.70. The van der Waals surface area contributed by atoms with Gasteiger partial charge in [0.1, 0.15) is 6.04 Å². The molecule has 0 rings (SSSR count). The molecule has 0 aromatic heterocycles. The number of carbonyl (C=O) groups is 3. The Morgan fingerprint density at radius 1 is 0.767 bits per heavy atom. The number of carboxylic acid groups (broad SMARTS) is 2. The van der Waals surface area contributed by atoms with Crippen molar-refractivity contribution in [3.63, 3.8) is 0 Å². The predicted octanol–water partition coefficient (Wildman–Crippen LogP) is 4.96. The lowest BCUT2D eigenvalue weighted by Crippen LogP contribution is -2.48. The van der Waals surface area contributed by atoms with Crippen molar-refractivity contribution >= 4 is 17.8 Å². The molecule has 7 heteroatoms. The van der Waals surface area contributed by atoms with Gasteiger partial charge in [-0.05, 0) is 38.5 Å². The third-order valence-corrected chi connectivity index (χ3v) is 5.00. The van der Waals surface area contributed by atoms with E-state index in [1.54, 1.807) is 0 Å². The number of hydrogen-bond donors (Lipinski definition) is 4. The van der Waals surface area contributed by atoms with E-state index in [2.05, 4.69) is 29.9 Å². The number of amides is 1. The molecule has 0 spiro atoms. The number of carbonyl (C=O) groups excluding carboxylic acids is 1. The molecular weight excluding hydrogens is 384 g/mol. The topological polar surface area (TPSA) is 116 Å². The Morgan fingerprint density at radius 2 is 1.30 bits per heavy atom. The van der Waals surface area contributed by atoms with Gasteiger partial charge in [0, 0.05) is 12.8 Å². The molecule has 0 heterocycles. The van der Waals surface area contributed by atoms with Crippen molar-refractivity contribution in [2.75, 3.05) is 0 Å². The molecule has 30 heavy (non-hydrogen) atoms. The zero-order valence-corrected chi connectivity index (χ0v) is 18.7. The van der Waals surface area contributed by atoms with Crippen LogP contribution in [-0.2, 0) is 14.4 Å².